The smallest absolute Gasteiger partial charge is 0.329 e. The van der Waals surface area contributed by atoms with Crippen molar-refractivity contribution in [2.24, 2.45) is 0 Å². The van der Waals surface area contributed by atoms with E-state index in [0.29, 0.717) is 28.6 Å². The van der Waals surface area contributed by atoms with Crippen molar-refractivity contribution in [1.82, 2.24) is 9.66 Å². The quantitative estimate of drug-likeness (QED) is 0.440. The number of pyridine rings is 1. The number of aliphatic hydroxyl groups excluding tert-OH is 1. The Morgan fingerprint density at radius 3 is 2.67 bits per heavy atom. The van der Waals surface area contributed by atoms with Gasteiger partial charge in [-0.1, -0.05) is 11.6 Å². The van der Waals surface area contributed by atoms with Gasteiger partial charge in [-0.3, -0.25) is 9.80 Å². The van der Waals surface area contributed by atoms with E-state index in [-0.39, 0.29) is 41.4 Å². The third-order valence-electron chi connectivity index (χ3n) is 6.69. The molecule has 2 N–H and O–H groups in total. The number of carbonyl (C=O) groups is 2. The fourth-order valence-electron chi connectivity index (χ4n) is 4.64. The molecule has 1 aliphatic heterocycles. The summed E-state index contributed by atoms with van der Waals surface area (Å²) in [5.74, 6) is -0.670. The topological polar surface area (TPSA) is 109 Å². The van der Waals surface area contributed by atoms with Crippen LogP contribution in [0.1, 0.15) is 24.8 Å². The fraction of sp³-hybridized carbons (Fsp3) is 0.375. The van der Waals surface area contributed by atoms with Crippen LogP contribution in [-0.4, -0.2) is 60.0 Å². The van der Waals surface area contributed by atoms with Crippen LogP contribution in [0.5, 0.6) is 11.5 Å². The van der Waals surface area contributed by atoms with Crippen LogP contribution in [-0.2, 0) is 11.3 Å². The Labute approximate surface area is 211 Å². The number of amides is 2. The number of rotatable bonds is 8. The number of aliphatic hydroxyl groups is 1. The van der Waals surface area contributed by atoms with Crippen LogP contribution in [0.3, 0.4) is 0 Å². The molecule has 1 fully saturated rings. The van der Waals surface area contributed by atoms with Gasteiger partial charge < -0.3 is 24.8 Å². The lowest BCUT2D eigenvalue weighted by Crippen LogP contribution is -2.54. The van der Waals surface area contributed by atoms with Crippen molar-refractivity contribution in [3.05, 3.63) is 40.9 Å². The highest BCUT2D eigenvalue weighted by atomic mass is 35.5. The van der Waals surface area contributed by atoms with Gasteiger partial charge in [-0.2, -0.15) is 0 Å². The maximum absolute atomic E-state index is 15.5. The number of aromatic nitrogens is 2. The van der Waals surface area contributed by atoms with Gasteiger partial charge in [-0.15, -0.1) is 0 Å². The van der Waals surface area contributed by atoms with Crippen molar-refractivity contribution in [2.75, 3.05) is 36.1 Å². The highest BCUT2D eigenvalue weighted by molar-refractivity contribution is 6.35. The van der Waals surface area contributed by atoms with Gasteiger partial charge in [0.2, 0.25) is 0 Å². The molecule has 1 saturated carbocycles. The molecule has 2 aliphatic rings. The van der Waals surface area contributed by atoms with E-state index in [1.165, 1.54) is 25.2 Å². The van der Waals surface area contributed by atoms with Crippen LogP contribution in [0.2, 0.25) is 5.02 Å². The minimum atomic E-state index is -0.813. The van der Waals surface area contributed by atoms with Gasteiger partial charge in [0.05, 0.1) is 33.1 Å². The summed E-state index contributed by atoms with van der Waals surface area (Å²) in [4.78, 5) is 32.7. The number of aldehydes is 1. The first-order valence-electron chi connectivity index (χ1n) is 11.5. The molecule has 1 aromatic carbocycles. The number of nitrogens with one attached hydrogen (secondary N) is 1. The van der Waals surface area contributed by atoms with Gasteiger partial charge in [-0.25, -0.2) is 18.8 Å². The monoisotopic (exact) mass is 517 g/mol. The Hall–Kier alpha value is -3.57. The maximum atomic E-state index is 15.5. The fourth-order valence-corrected chi connectivity index (χ4v) is 4.96. The summed E-state index contributed by atoms with van der Waals surface area (Å²) < 4.78 is 27.5. The van der Waals surface area contributed by atoms with Crippen LogP contribution >= 0.6 is 11.6 Å². The first kappa shape index (κ1) is 24.1. The van der Waals surface area contributed by atoms with E-state index in [1.54, 1.807) is 28.0 Å². The molecule has 0 unspecified atom stereocenters. The van der Waals surface area contributed by atoms with E-state index < -0.39 is 17.9 Å². The number of methoxy groups -OCH3 is 2. The van der Waals surface area contributed by atoms with E-state index in [0.717, 1.165) is 19.3 Å². The number of urea groups is 1. The predicted molar refractivity (Wildman–Crippen MR) is 132 cm³/mol. The zero-order chi connectivity index (χ0) is 25.6. The largest absolute Gasteiger partial charge is 0.495 e. The second-order valence-electron chi connectivity index (χ2n) is 8.69. The first-order valence-corrected chi connectivity index (χ1v) is 11.8. The summed E-state index contributed by atoms with van der Waals surface area (Å²) in [7, 11) is 2.73. The molecule has 10 nitrogen and oxygen atoms in total. The van der Waals surface area contributed by atoms with Crippen molar-refractivity contribution < 1.29 is 28.6 Å². The average molecular weight is 518 g/mol. The van der Waals surface area contributed by atoms with Crippen LogP contribution in [0.25, 0.3) is 11.0 Å². The average Bonchev–Trinajstić information content (AvgIpc) is 3.26. The van der Waals surface area contributed by atoms with E-state index in [1.807, 2.05) is 0 Å². The molecule has 36 heavy (non-hydrogen) atoms. The van der Waals surface area contributed by atoms with Crippen molar-refractivity contribution in [2.45, 2.75) is 37.9 Å². The molecular formula is C24H25ClFN5O5. The maximum Gasteiger partial charge on any atom is 0.329 e. The minimum Gasteiger partial charge on any atom is -0.495 e. The third kappa shape index (κ3) is 3.70. The van der Waals surface area contributed by atoms with E-state index >= 15 is 4.39 Å². The number of halogens is 2. The Morgan fingerprint density at radius 2 is 2.06 bits per heavy atom. The third-order valence-corrected chi connectivity index (χ3v) is 7.06. The van der Waals surface area contributed by atoms with Crippen LogP contribution in [0.4, 0.5) is 20.6 Å². The highest BCUT2D eigenvalue weighted by Gasteiger charge is 2.42. The zero-order valence-corrected chi connectivity index (χ0v) is 20.5. The van der Waals surface area contributed by atoms with Crippen molar-refractivity contribution in [1.29, 1.82) is 0 Å². The molecule has 0 spiro atoms. The lowest BCUT2D eigenvalue weighted by atomic mass is 9.90. The molecule has 3 heterocycles. The van der Waals surface area contributed by atoms with E-state index in [2.05, 4.69) is 10.4 Å². The summed E-state index contributed by atoms with van der Waals surface area (Å²) in [6.07, 6.45) is 6.49. The molecular weight excluding hydrogens is 493 g/mol. The van der Waals surface area contributed by atoms with Gasteiger partial charge in [0.1, 0.15) is 28.8 Å². The molecule has 5 rings (SSSR count). The van der Waals surface area contributed by atoms with Gasteiger partial charge in [0.15, 0.2) is 17.2 Å². The van der Waals surface area contributed by atoms with Crippen molar-refractivity contribution >= 4 is 46.3 Å². The Balaban J connectivity index is 1.66. The summed E-state index contributed by atoms with van der Waals surface area (Å²) >= 11 is 6.51. The number of nitrogens with zero attached hydrogens (tertiary/aromatic N) is 4. The van der Waals surface area contributed by atoms with Crippen LogP contribution < -0.4 is 24.7 Å². The molecule has 190 valence electrons. The summed E-state index contributed by atoms with van der Waals surface area (Å²) in [6.45, 7) is -0.356. The van der Waals surface area contributed by atoms with Gasteiger partial charge >= 0.3 is 6.03 Å². The first-order chi connectivity index (χ1) is 17.4. The van der Waals surface area contributed by atoms with Gasteiger partial charge in [0.25, 0.3) is 0 Å². The number of carbonyl (C=O) groups excluding carboxylic acids is 2. The standard InChI is InChI=1S/C24H25ClFN5O5/c1-35-17-8-18(36-2)20(26)22(19(17)25)29-10-13-9-27-23-16(6-7-30(23)28-14(11-32)12-33)21(13)31(24(29)34)15-4-3-5-15/h6-9,11,14-15,28,33H,3-5,10,12H2,1-2H3/t14-/m1/s1. The number of ether oxygens (including phenoxy) is 2. The SMILES string of the molecule is COc1cc(OC)c(Cl)c(N2Cc3cnc4c(ccn4N[C@H](C=O)CO)c3N(C3CCC3)C2=O)c1F. The molecule has 0 radical (unpaired) electrons. The molecule has 2 aromatic heterocycles. The second-order valence-corrected chi connectivity index (χ2v) is 9.07. The molecule has 0 bridgehead atoms. The van der Waals surface area contributed by atoms with Gasteiger partial charge in [-0.05, 0) is 25.3 Å². The second kappa shape index (κ2) is 9.47. The molecule has 3 aromatic rings. The lowest BCUT2D eigenvalue weighted by Gasteiger charge is -2.44. The van der Waals surface area contributed by atoms with E-state index in [9.17, 15) is 14.7 Å². The van der Waals surface area contributed by atoms with Crippen LogP contribution in [0, 0.1) is 5.82 Å². The van der Waals surface area contributed by atoms with Gasteiger partial charge in [0, 0.05) is 35.5 Å². The lowest BCUT2D eigenvalue weighted by molar-refractivity contribution is -0.109. The number of hydrogen-bond acceptors (Lipinski definition) is 7. The Bertz CT molecular complexity index is 1320. The number of fused-ring (bicyclic) bond motifs is 3. The highest BCUT2D eigenvalue weighted by Crippen LogP contribution is 2.47. The number of anilines is 2. The Morgan fingerprint density at radius 1 is 1.31 bits per heavy atom. The molecule has 1 aliphatic carbocycles. The number of benzene rings is 1. The number of hydrogen-bond donors (Lipinski definition) is 2. The normalized spacial score (nSPS) is 16.5. The molecule has 2 amide bonds. The molecule has 0 saturated heterocycles. The summed E-state index contributed by atoms with van der Waals surface area (Å²) in [5, 5.41) is 10.0. The molecule has 12 heteroatoms. The molecule has 1 atom stereocenters. The minimum absolute atomic E-state index is 0.0273. The summed E-state index contributed by atoms with van der Waals surface area (Å²) in [6, 6.07) is 1.83. The Kier molecular flexibility index (Phi) is 6.35. The van der Waals surface area contributed by atoms with E-state index in [4.69, 9.17) is 21.1 Å². The van der Waals surface area contributed by atoms with Crippen LogP contribution in [0.15, 0.2) is 24.5 Å². The van der Waals surface area contributed by atoms with Crippen molar-refractivity contribution in [3.8, 4) is 11.5 Å². The summed E-state index contributed by atoms with van der Waals surface area (Å²) in [5.41, 5.74) is 4.66. The van der Waals surface area contributed by atoms with Crippen molar-refractivity contribution in [3.63, 3.8) is 0 Å². The predicted octanol–water partition coefficient (Wildman–Crippen LogP) is 3.45. The zero-order valence-electron chi connectivity index (χ0n) is 19.7.